The van der Waals surface area contributed by atoms with Crippen molar-refractivity contribution in [3.63, 3.8) is 0 Å². The molecule has 0 bridgehead atoms. The van der Waals surface area contributed by atoms with E-state index in [4.69, 9.17) is 14.2 Å². The molecule has 1 aromatic heterocycles. The van der Waals surface area contributed by atoms with Crippen molar-refractivity contribution in [3.8, 4) is 11.5 Å². The molecule has 2 atom stereocenters. The maximum absolute atomic E-state index is 13.3. The molecule has 0 spiro atoms. The highest BCUT2D eigenvalue weighted by molar-refractivity contribution is 7.15. The molecular weight excluding hydrogens is 438 g/mol. The first-order chi connectivity index (χ1) is 15.8. The van der Waals surface area contributed by atoms with Crippen molar-refractivity contribution in [2.45, 2.75) is 64.0 Å². The van der Waals surface area contributed by atoms with Crippen molar-refractivity contribution in [1.29, 1.82) is 0 Å². The Morgan fingerprint density at radius 2 is 2.12 bits per heavy atom. The van der Waals surface area contributed by atoms with Crippen LogP contribution in [0.5, 0.6) is 11.5 Å². The van der Waals surface area contributed by atoms with Crippen LogP contribution < -0.4 is 14.8 Å². The van der Waals surface area contributed by atoms with Gasteiger partial charge in [-0.25, -0.2) is 4.98 Å². The van der Waals surface area contributed by atoms with Crippen LogP contribution in [0.4, 0.5) is 5.13 Å². The largest absolute Gasteiger partial charge is 0.454 e. The molecule has 1 unspecified atom stereocenters. The summed E-state index contributed by atoms with van der Waals surface area (Å²) < 4.78 is 16.4. The number of hydrogen-bond acceptors (Lipinski definition) is 7. The lowest BCUT2D eigenvalue weighted by atomic mass is 9.84. The highest BCUT2D eigenvalue weighted by Gasteiger charge is 2.52. The van der Waals surface area contributed by atoms with Crippen LogP contribution in [0.3, 0.4) is 0 Å². The number of nitrogens with one attached hydrogen (secondary N) is 1. The number of carbonyl (C=O) groups is 1. The monoisotopic (exact) mass is 471 g/mol. The van der Waals surface area contributed by atoms with E-state index in [1.165, 1.54) is 11.3 Å². The van der Waals surface area contributed by atoms with Crippen LogP contribution in [0.2, 0.25) is 0 Å². The minimum Gasteiger partial charge on any atom is -0.454 e. The molecule has 2 fully saturated rings. The van der Waals surface area contributed by atoms with Gasteiger partial charge in [-0.3, -0.25) is 9.69 Å². The lowest BCUT2D eigenvalue weighted by Gasteiger charge is -2.40. The Kier molecular flexibility index (Phi) is 5.87. The van der Waals surface area contributed by atoms with E-state index in [0.717, 1.165) is 43.7 Å². The zero-order valence-electron chi connectivity index (χ0n) is 19.8. The zero-order chi connectivity index (χ0) is 23.2. The molecule has 1 N–H and O–H groups in total. The molecule has 1 amide bonds. The topological polar surface area (TPSA) is 72.9 Å². The second-order valence-corrected chi connectivity index (χ2v) is 11.5. The van der Waals surface area contributed by atoms with Crippen LogP contribution in [0, 0.1) is 5.41 Å². The van der Waals surface area contributed by atoms with E-state index in [1.54, 1.807) is 18.4 Å². The summed E-state index contributed by atoms with van der Waals surface area (Å²) in [6, 6.07) is 6.47. The molecule has 1 aromatic carbocycles. The zero-order valence-corrected chi connectivity index (χ0v) is 20.7. The van der Waals surface area contributed by atoms with Gasteiger partial charge in [0.15, 0.2) is 16.6 Å². The molecule has 1 saturated heterocycles. The third-order valence-electron chi connectivity index (χ3n) is 7.06. The standard InChI is InChI=1S/C25H33N3O4S/c1-24(2,3)21(28-11-5-6-17(28)14-30-4)20-13-26-23(33-20)27-22(29)25(9-10-25)16-7-8-18-19(12-16)32-15-31-18/h7-8,12-13,17,21H,5-6,9-11,14-15H2,1-4H3,(H,26,27,29)/t17-,21?/m0/s1. The van der Waals surface area contributed by atoms with Gasteiger partial charge in [0.2, 0.25) is 12.7 Å². The number of thiazole rings is 1. The van der Waals surface area contributed by atoms with Crippen molar-refractivity contribution in [2.24, 2.45) is 5.41 Å². The Hall–Kier alpha value is -2.16. The number of likely N-dealkylation sites (tertiary alicyclic amines) is 1. The number of benzene rings is 1. The van der Waals surface area contributed by atoms with Crippen LogP contribution in [0.1, 0.15) is 62.9 Å². The maximum atomic E-state index is 13.3. The van der Waals surface area contributed by atoms with Gasteiger partial charge >= 0.3 is 0 Å². The first kappa shape index (κ1) is 22.6. The fourth-order valence-corrected chi connectivity index (χ4v) is 6.49. The minimum absolute atomic E-state index is 0.00741. The van der Waals surface area contributed by atoms with Crippen molar-refractivity contribution in [3.05, 3.63) is 34.8 Å². The smallest absolute Gasteiger partial charge is 0.236 e. The molecule has 0 radical (unpaired) electrons. The van der Waals surface area contributed by atoms with Gasteiger partial charge in [0, 0.05) is 24.2 Å². The number of carbonyl (C=O) groups excluding carboxylic acids is 1. The fourth-order valence-electron chi connectivity index (χ4n) is 5.31. The summed E-state index contributed by atoms with van der Waals surface area (Å²) in [5.41, 5.74) is 0.511. The molecule has 33 heavy (non-hydrogen) atoms. The second kappa shape index (κ2) is 8.56. The van der Waals surface area contributed by atoms with E-state index in [0.29, 0.717) is 16.9 Å². The number of fused-ring (bicyclic) bond motifs is 1. The van der Waals surface area contributed by atoms with E-state index in [-0.39, 0.29) is 24.2 Å². The van der Waals surface area contributed by atoms with Gasteiger partial charge in [-0.1, -0.05) is 26.8 Å². The SMILES string of the molecule is COC[C@@H]1CCCN1C(c1cnc(NC(=O)C2(c3ccc4c(c3)OCO4)CC2)s1)C(C)(C)C. The summed E-state index contributed by atoms with van der Waals surface area (Å²) in [5, 5.41) is 3.78. The van der Waals surface area contributed by atoms with E-state index >= 15 is 0 Å². The third kappa shape index (κ3) is 4.24. The first-order valence-corrected chi connectivity index (χ1v) is 12.6. The van der Waals surface area contributed by atoms with Gasteiger partial charge in [0.25, 0.3) is 0 Å². The van der Waals surface area contributed by atoms with E-state index in [2.05, 4.69) is 36.0 Å². The maximum Gasteiger partial charge on any atom is 0.236 e. The number of methoxy groups -OCH3 is 1. The van der Waals surface area contributed by atoms with Gasteiger partial charge in [0.1, 0.15) is 0 Å². The summed E-state index contributed by atoms with van der Waals surface area (Å²) in [5.74, 6) is 1.46. The van der Waals surface area contributed by atoms with Crippen molar-refractivity contribution >= 4 is 22.4 Å². The number of hydrogen-bond donors (Lipinski definition) is 1. The number of amides is 1. The van der Waals surface area contributed by atoms with Crippen molar-refractivity contribution < 1.29 is 19.0 Å². The second-order valence-electron chi connectivity index (χ2n) is 10.4. The van der Waals surface area contributed by atoms with Gasteiger partial charge < -0.3 is 19.5 Å². The summed E-state index contributed by atoms with van der Waals surface area (Å²) in [6.45, 7) is 8.86. The van der Waals surface area contributed by atoms with E-state index < -0.39 is 5.41 Å². The molecule has 5 rings (SSSR count). The van der Waals surface area contributed by atoms with Crippen LogP contribution >= 0.6 is 11.3 Å². The average molecular weight is 472 g/mol. The van der Waals surface area contributed by atoms with Crippen LogP contribution in [-0.2, 0) is 14.9 Å². The summed E-state index contributed by atoms with van der Waals surface area (Å²) in [7, 11) is 1.77. The number of aromatic nitrogens is 1. The highest BCUT2D eigenvalue weighted by atomic mass is 32.1. The van der Waals surface area contributed by atoms with E-state index in [1.807, 2.05) is 24.4 Å². The molecule has 3 aliphatic rings. The Bertz CT molecular complexity index is 1030. The molecule has 7 nitrogen and oxygen atoms in total. The summed E-state index contributed by atoms with van der Waals surface area (Å²) >= 11 is 1.59. The molecule has 1 saturated carbocycles. The molecular formula is C25H33N3O4S. The van der Waals surface area contributed by atoms with Gasteiger partial charge in [-0.05, 0) is 55.3 Å². The van der Waals surface area contributed by atoms with Crippen LogP contribution in [-0.4, -0.2) is 48.9 Å². The highest BCUT2D eigenvalue weighted by Crippen LogP contribution is 2.51. The fraction of sp³-hybridized carbons (Fsp3) is 0.600. The van der Waals surface area contributed by atoms with Crippen LogP contribution in [0.15, 0.2) is 24.4 Å². The first-order valence-electron chi connectivity index (χ1n) is 11.7. The lowest BCUT2D eigenvalue weighted by Crippen LogP contribution is -2.41. The summed E-state index contributed by atoms with van der Waals surface area (Å²) in [6.07, 6.45) is 5.93. The molecule has 3 heterocycles. The quantitative estimate of drug-likeness (QED) is 0.629. The summed E-state index contributed by atoms with van der Waals surface area (Å²) in [4.78, 5) is 21.7. The molecule has 178 valence electrons. The van der Waals surface area contributed by atoms with Gasteiger partial charge in [-0.15, -0.1) is 11.3 Å². The Morgan fingerprint density at radius 3 is 2.85 bits per heavy atom. The predicted molar refractivity (Wildman–Crippen MR) is 128 cm³/mol. The van der Waals surface area contributed by atoms with E-state index in [9.17, 15) is 4.79 Å². The Labute approximate surface area is 199 Å². The van der Waals surface area contributed by atoms with Crippen molar-refractivity contribution in [1.82, 2.24) is 9.88 Å². The molecule has 2 aromatic rings. The lowest BCUT2D eigenvalue weighted by molar-refractivity contribution is -0.118. The number of rotatable bonds is 7. The minimum atomic E-state index is -0.505. The van der Waals surface area contributed by atoms with Crippen LogP contribution in [0.25, 0.3) is 0 Å². The van der Waals surface area contributed by atoms with Gasteiger partial charge in [-0.2, -0.15) is 0 Å². The Morgan fingerprint density at radius 1 is 1.33 bits per heavy atom. The third-order valence-corrected chi connectivity index (χ3v) is 8.02. The Balaban J connectivity index is 1.34. The average Bonchev–Trinajstić information content (AvgIpc) is 3.07. The van der Waals surface area contributed by atoms with Crippen molar-refractivity contribution in [2.75, 3.05) is 32.4 Å². The molecule has 2 aliphatic heterocycles. The normalized spacial score (nSPS) is 22.4. The number of anilines is 1. The molecule has 1 aliphatic carbocycles. The molecule has 8 heteroatoms. The predicted octanol–water partition coefficient (Wildman–Crippen LogP) is 4.74. The number of nitrogens with zero attached hydrogens (tertiary/aromatic N) is 2. The number of ether oxygens (including phenoxy) is 3. The van der Waals surface area contributed by atoms with Gasteiger partial charge in [0.05, 0.1) is 18.1 Å².